The average Bonchev–Trinajstić information content (AvgIpc) is 3.00. The molecule has 0 aliphatic carbocycles. The van der Waals surface area contributed by atoms with Crippen molar-refractivity contribution >= 4 is 23.8 Å². The molecule has 0 saturated carbocycles. The van der Waals surface area contributed by atoms with Gasteiger partial charge in [0.25, 0.3) is 0 Å². The van der Waals surface area contributed by atoms with Crippen LogP contribution in [0.3, 0.4) is 0 Å². The highest BCUT2D eigenvalue weighted by molar-refractivity contribution is 5.93. The number of carboxylic acids is 1. The number of esters is 1. The van der Waals surface area contributed by atoms with Gasteiger partial charge in [0.1, 0.15) is 5.82 Å². The summed E-state index contributed by atoms with van der Waals surface area (Å²) in [6, 6.07) is 1.58. The lowest BCUT2D eigenvalue weighted by Crippen LogP contribution is -2.35. The number of carbonyl (C=O) groups excluding carboxylic acids is 2. The Morgan fingerprint density at radius 1 is 1.36 bits per heavy atom. The molecule has 1 saturated heterocycles. The van der Waals surface area contributed by atoms with Crippen molar-refractivity contribution in [2.45, 2.75) is 6.18 Å². The second kappa shape index (κ2) is 6.95. The van der Waals surface area contributed by atoms with Crippen LogP contribution in [0.15, 0.2) is 18.3 Å². The number of likely N-dealkylation sites (tertiary alicyclic amines) is 1. The summed E-state index contributed by atoms with van der Waals surface area (Å²) in [4.78, 5) is 39.1. The number of anilines is 1. The van der Waals surface area contributed by atoms with E-state index in [4.69, 9.17) is 5.11 Å². The van der Waals surface area contributed by atoms with Crippen LogP contribution in [-0.2, 0) is 9.53 Å². The molecule has 1 aliphatic heterocycles. The fraction of sp³-hybridized carbons (Fsp3) is 0.429. The minimum Gasteiger partial charge on any atom is -0.481 e. The van der Waals surface area contributed by atoms with E-state index in [1.807, 2.05) is 0 Å². The molecular weight excluding hydrogens is 347 g/mol. The van der Waals surface area contributed by atoms with E-state index in [1.165, 1.54) is 18.3 Å². The van der Waals surface area contributed by atoms with Gasteiger partial charge in [0.15, 0.2) is 0 Å². The topological polar surface area (TPSA) is 109 Å². The second-order valence-corrected chi connectivity index (χ2v) is 5.35. The Hall–Kier alpha value is -2.85. The van der Waals surface area contributed by atoms with E-state index < -0.39 is 49.1 Å². The van der Waals surface area contributed by atoms with E-state index in [2.05, 4.69) is 15.0 Å². The third kappa shape index (κ3) is 4.17. The summed E-state index contributed by atoms with van der Waals surface area (Å²) in [5, 5.41) is 11.2. The van der Waals surface area contributed by atoms with Crippen LogP contribution in [0, 0.1) is 11.8 Å². The summed E-state index contributed by atoms with van der Waals surface area (Å²) in [6.07, 6.45) is -3.52. The van der Waals surface area contributed by atoms with Gasteiger partial charge in [-0.05, 0) is 12.1 Å². The summed E-state index contributed by atoms with van der Waals surface area (Å²) < 4.78 is 43.3. The average molecular weight is 361 g/mol. The summed E-state index contributed by atoms with van der Waals surface area (Å²) in [7, 11) is 1.16. The largest absolute Gasteiger partial charge is 0.481 e. The fourth-order valence-corrected chi connectivity index (χ4v) is 2.48. The molecule has 0 spiro atoms. The van der Waals surface area contributed by atoms with Crippen molar-refractivity contribution < 1.29 is 37.4 Å². The third-order valence-electron chi connectivity index (χ3n) is 3.76. The number of amides is 2. The number of urea groups is 1. The minimum atomic E-state index is -4.73. The van der Waals surface area contributed by atoms with Crippen molar-refractivity contribution in [1.29, 1.82) is 0 Å². The van der Waals surface area contributed by atoms with Crippen molar-refractivity contribution in [2.24, 2.45) is 11.8 Å². The number of rotatable bonds is 3. The van der Waals surface area contributed by atoms with Gasteiger partial charge in [0, 0.05) is 19.3 Å². The van der Waals surface area contributed by atoms with Crippen LogP contribution in [0.2, 0.25) is 0 Å². The van der Waals surface area contributed by atoms with Crippen molar-refractivity contribution in [2.75, 3.05) is 25.5 Å². The number of halogens is 3. The first kappa shape index (κ1) is 18.5. The molecule has 0 unspecified atom stereocenters. The zero-order valence-corrected chi connectivity index (χ0v) is 12.9. The molecular formula is C14H14F3N3O5. The first-order chi connectivity index (χ1) is 11.6. The maximum Gasteiger partial charge on any atom is 0.394 e. The van der Waals surface area contributed by atoms with Crippen molar-refractivity contribution in [3.05, 3.63) is 23.9 Å². The van der Waals surface area contributed by atoms with Gasteiger partial charge >= 0.3 is 24.1 Å². The third-order valence-corrected chi connectivity index (χ3v) is 3.76. The van der Waals surface area contributed by atoms with Gasteiger partial charge in [-0.25, -0.2) is 14.6 Å². The lowest BCUT2D eigenvalue weighted by molar-refractivity contribution is -0.187. The number of aromatic nitrogens is 1. The van der Waals surface area contributed by atoms with E-state index in [-0.39, 0.29) is 11.4 Å². The van der Waals surface area contributed by atoms with Crippen molar-refractivity contribution in [1.82, 2.24) is 9.88 Å². The van der Waals surface area contributed by atoms with E-state index in [0.717, 1.165) is 12.0 Å². The van der Waals surface area contributed by atoms with Gasteiger partial charge in [-0.3, -0.25) is 10.1 Å². The molecule has 2 N–H and O–H groups in total. The number of hydrogen-bond acceptors (Lipinski definition) is 5. The SMILES string of the molecule is COC(=O)c1ccnc(NC(=O)N2C[C@@H](C(F)(F)F)[C@H](C(=O)O)C2)c1. The highest BCUT2D eigenvalue weighted by atomic mass is 19.4. The molecule has 2 atom stereocenters. The zero-order valence-electron chi connectivity index (χ0n) is 12.9. The number of pyridine rings is 1. The van der Waals surface area contributed by atoms with E-state index >= 15 is 0 Å². The van der Waals surface area contributed by atoms with E-state index in [1.54, 1.807) is 0 Å². The molecule has 1 aromatic heterocycles. The van der Waals surface area contributed by atoms with Gasteiger partial charge in [0.2, 0.25) is 0 Å². The number of nitrogens with zero attached hydrogens (tertiary/aromatic N) is 2. The van der Waals surface area contributed by atoms with Gasteiger partial charge in [-0.15, -0.1) is 0 Å². The molecule has 2 amide bonds. The number of methoxy groups -OCH3 is 1. The number of aliphatic carboxylic acids is 1. The van der Waals surface area contributed by atoms with Crippen molar-refractivity contribution in [3.8, 4) is 0 Å². The molecule has 11 heteroatoms. The number of carbonyl (C=O) groups is 3. The maximum atomic E-state index is 12.9. The molecule has 8 nitrogen and oxygen atoms in total. The molecule has 2 heterocycles. The van der Waals surface area contributed by atoms with Crippen LogP contribution in [0.4, 0.5) is 23.8 Å². The molecule has 1 fully saturated rings. The van der Waals surface area contributed by atoms with Crippen LogP contribution in [0.25, 0.3) is 0 Å². The van der Waals surface area contributed by atoms with Crippen LogP contribution in [0.1, 0.15) is 10.4 Å². The Morgan fingerprint density at radius 3 is 2.56 bits per heavy atom. The summed E-state index contributed by atoms with van der Waals surface area (Å²) in [6.45, 7) is -1.36. The van der Waals surface area contributed by atoms with Crippen LogP contribution >= 0.6 is 0 Å². The standard InChI is InChI=1S/C14H14F3N3O5/c1-25-12(23)7-2-3-18-10(4-7)19-13(24)20-5-8(11(21)22)9(6-20)14(15,16)17/h2-4,8-9H,5-6H2,1H3,(H,21,22)(H,18,19,24)/t8-,9-/m1/s1. The molecule has 1 aromatic rings. The molecule has 0 bridgehead atoms. The van der Waals surface area contributed by atoms with Crippen LogP contribution in [0.5, 0.6) is 0 Å². The van der Waals surface area contributed by atoms with Crippen LogP contribution in [-0.4, -0.2) is 59.3 Å². The Bertz CT molecular complexity index is 695. The highest BCUT2D eigenvalue weighted by Crippen LogP contribution is 2.37. The normalized spacial score (nSPS) is 20.2. The summed E-state index contributed by atoms with van der Waals surface area (Å²) in [5.41, 5.74) is 0.0887. The van der Waals surface area contributed by atoms with E-state index in [0.29, 0.717) is 0 Å². The maximum absolute atomic E-state index is 12.9. The predicted molar refractivity (Wildman–Crippen MR) is 76.8 cm³/mol. The van der Waals surface area contributed by atoms with Gasteiger partial charge in [-0.2, -0.15) is 13.2 Å². The van der Waals surface area contributed by atoms with Gasteiger partial charge in [-0.1, -0.05) is 0 Å². The molecule has 136 valence electrons. The fourth-order valence-electron chi connectivity index (χ4n) is 2.48. The first-order valence-electron chi connectivity index (χ1n) is 7.03. The zero-order chi connectivity index (χ0) is 18.8. The van der Waals surface area contributed by atoms with E-state index in [9.17, 15) is 27.6 Å². The number of alkyl halides is 3. The lowest BCUT2D eigenvalue weighted by Gasteiger charge is -2.18. The highest BCUT2D eigenvalue weighted by Gasteiger charge is 2.53. The van der Waals surface area contributed by atoms with Gasteiger partial charge in [0.05, 0.1) is 24.5 Å². The molecule has 2 rings (SSSR count). The Balaban J connectivity index is 2.11. The number of ether oxygens (including phenoxy) is 1. The predicted octanol–water partition coefficient (Wildman–Crippen LogP) is 1.59. The number of nitrogens with one attached hydrogen (secondary N) is 1. The summed E-state index contributed by atoms with van der Waals surface area (Å²) in [5.74, 6) is -6.26. The molecule has 0 aromatic carbocycles. The molecule has 0 radical (unpaired) electrons. The number of carboxylic acid groups (broad SMARTS) is 1. The first-order valence-corrected chi connectivity index (χ1v) is 7.03. The smallest absolute Gasteiger partial charge is 0.394 e. The Morgan fingerprint density at radius 2 is 2.04 bits per heavy atom. The monoisotopic (exact) mass is 361 g/mol. The molecule has 1 aliphatic rings. The number of hydrogen-bond donors (Lipinski definition) is 2. The minimum absolute atomic E-state index is 0.0739. The van der Waals surface area contributed by atoms with Crippen LogP contribution < -0.4 is 5.32 Å². The lowest BCUT2D eigenvalue weighted by atomic mass is 9.96. The summed E-state index contributed by atoms with van der Waals surface area (Å²) >= 11 is 0. The molecule has 25 heavy (non-hydrogen) atoms. The van der Waals surface area contributed by atoms with Crippen molar-refractivity contribution in [3.63, 3.8) is 0 Å². The Labute approximate surface area is 139 Å². The second-order valence-electron chi connectivity index (χ2n) is 5.35. The Kier molecular flexibility index (Phi) is 5.14. The van der Waals surface area contributed by atoms with Gasteiger partial charge < -0.3 is 14.7 Å². The quantitative estimate of drug-likeness (QED) is 0.792.